The molecule has 2 atom stereocenters. The van der Waals surface area contributed by atoms with Gasteiger partial charge in [-0.15, -0.1) is 0 Å². The third-order valence-electron chi connectivity index (χ3n) is 3.36. The minimum atomic E-state index is 0.363. The van der Waals surface area contributed by atoms with Crippen LogP contribution in [-0.2, 0) is 0 Å². The average Bonchev–Trinajstić information content (AvgIpc) is 2.37. The van der Waals surface area contributed by atoms with Crippen molar-refractivity contribution in [3.05, 3.63) is 28.2 Å². The van der Waals surface area contributed by atoms with E-state index in [-0.39, 0.29) is 0 Å². The molecule has 18 heavy (non-hydrogen) atoms. The lowest BCUT2D eigenvalue weighted by molar-refractivity contribution is 0.649. The van der Waals surface area contributed by atoms with Crippen LogP contribution in [0.4, 0.5) is 5.69 Å². The number of rotatable bonds is 6. The van der Waals surface area contributed by atoms with Crippen molar-refractivity contribution in [2.75, 3.05) is 31.0 Å². The molecule has 0 fully saturated rings. The van der Waals surface area contributed by atoms with Crippen molar-refractivity contribution in [2.45, 2.75) is 25.9 Å². The normalized spacial score (nSPS) is 14.3. The van der Waals surface area contributed by atoms with Crippen LogP contribution in [0.3, 0.4) is 0 Å². The quantitative estimate of drug-likeness (QED) is 0.851. The summed E-state index contributed by atoms with van der Waals surface area (Å²) >= 11 is 5.56. The monoisotopic (exact) mass is 330 g/mol. The fourth-order valence-electron chi connectivity index (χ4n) is 1.85. The molecule has 1 rings (SSSR count). The molecule has 0 aliphatic rings. The minimum Gasteiger partial charge on any atom is -0.371 e. The maximum Gasteiger partial charge on any atom is 0.0377 e. The number of halogens is 1. The minimum absolute atomic E-state index is 0.363. The standard InChI is InChI=1S/C14H23BrN2S/c1-10(9-18-5)17(4)12-6-7-13(11(2)16-3)14(15)8-12/h6-8,10-11,16H,9H2,1-5H3. The first-order chi connectivity index (χ1) is 8.51. The highest BCUT2D eigenvalue weighted by atomic mass is 79.9. The van der Waals surface area contributed by atoms with Crippen LogP contribution in [-0.4, -0.2) is 32.1 Å². The molecule has 0 aliphatic heterocycles. The molecule has 0 amide bonds. The van der Waals surface area contributed by atoms with E-state index in [2.05, 4.69) is 71.5 Å². The van der Waals surface area contributed by atoms with Crippen LogP contribution in [0.5, 0.6) is 0 Å². The topological polar surface area (TPSA) is 15.3 Å². The Labute approximate surface area is 124 Å². The molecule has 2 nitrogen and oxygen atoms in total. The summed E-state index contributed by atoms with van der Waals surface area (Å²) < 4.78 is 1.17. The van der Waals surface area contributed by atoms with Gasteiger partial charge in [0.25, 0.3) is 0 Å². The van der Waals surface area contributed by atoms with E-state index in [9.17, 15) is 0 Å². The van der Waals surface area contributed by atoms with Crippen LogP contribution in [0.1, 0.15) is 25.5 Å². The molecule has 1 aromatic carbocycles. The summed E-state index contributed by atoms with van der Waals surface area (Å²) in [7, 11) is 4.14. The van der Waals surface area contributed by atoms with Gasteiger partial charge in [-0.05, 0) is 44.8 Å². The van der Waals surface area contributed by atoms with Crippen molar-refractivity contribution in [2.24, 2.45) is 0 Å². The van der Waals surface area contributed by atoms with Crippen LogP contribution in [0.25, 0.3) is 0 Å². The summed E-state index contributed by atoms with van der Waals surface area (Å²) in [5.74, 6) is 1.14. The number of hydrogen-bond donors (Lipinski definition) is 1. The van der Waals surface area contributed by atoms with Gasteiger partial charge in [0, 0.05) is 35.0 Å². The third kappa shape index (κ3) is 3.90. The van der Waals surface area contributed by atoms with Crippen LogP contribution >= 0.6 is 27.7 Å². The van der Waals surface area contributed by atoms with Crippen LogP contribution in [0.2, 0.25) is 0 Å². The molecular formula is C14H23BrN2S. The molecule has 1 N–H and O–H groups in total. The fraction of sp³-hybridized carbons (Fsp3) is 0.571. The number of benzene rings is 1. The summed E-state index contributed by atoms with van der Waals surface area (Å²) in [6.45, 7) is 4.42. The van der Waals surface area contributed by atoms with Gasteiger partial charge in [0.05, 0.1) is 0 Å². The van der Waals surface area contributed by atoms with E-state index in [0.717, 1.165) is 5.75 Å². The van der Waals surface area contributed by atoms with E-state index in [1.165, 1.54) is 15.7 Å². The summed E-state index contributed by atoms with van der Waals surface area (Å²) in [5.41, 5.74) is 2.56. The van der Waals surface area contributed by atoms with Crippen LogP contribution in [0.15, 0.2) is 22.7 Å². The molecule has 0 spiro atoms. The van der Waals surface area contributed by atoms with Crippen molar-refractivity contribution >= 4 is 33.4 Å². The van der Waals surface area contributed by atoms with E-state index < -0.39 is 0 Å². The fourth-order valence-corrected chi connectivity index (χ4v) is 3.27. The average molecular weight is 331 g/mol. The van der Waals surface area contributed by atoms with Gasteiger partial charge < -0.3 is 10.2 Å². The van der Waals surface area contributed by atoms with Crippen LogP contribution in [0, 0.1) is 0 Å². The summed E-state index contributed by atoms with van der Waals surface area (Å²) in [6, 6.07) is 7.51. The summed E-state index contributed by atoms with van der Waals surface area (Å²) in [4.78, 5) is 2.33. The zero-order chi connectivity index (χ0) is 13.7. The van der Waals surface area contributed by atoms with Gasteiger partial charge in [-0.3, -0.25) is 0 Å². The maximum absolute atomic E-state index is 3.67. The lowest BCUT2D eigenvalue weighted by Crippen LogP contribution is -2.30. The lowest BCUT2D eigenvalue weighted by Gasteiger charge is -2.27. The van der Waals surface area contributed by atoms with E-state index >= 15 is 0 Å². The number of hydrogen-bond acceptors (Lipinski definition) is 3. The first-order valence-electron chi connectivity index (χ1n) is 6.19. The zero-order valence-electron chi connectivity index (χ0n) is 11.8. The first kappa shape index (κ1) is 15.9. The Morgan fingerprint density at radius 3 is 2.56 bits per heavy atom. The Morgan fingerprint density at radius 2 is 2.06 bits per heavy atom. The third-order valence-corrected chi connectivity index (χ3v) is 4.86. The zero-order valence-corrected chi connectivity index (χ0v) is 14.2. The highest BCUT2D eigenvalue weighted by Gasteiger charge is 2.12. The number of anilines is 1. The Kier molecular flexibility index (Phi) is 6.53. The Balaban J connectivity index is 2.90. The molecule has 0 saturated carbocycles. The van der Waals surface area contributed by atoms with Gasteiger partial charge in [-0.2, -0.15) is 11.8 Å². The van der Waals surface area contributed by atoms with Gasteiger partial charge in [0.2, 0.25) is 0 Å². The second-order valence-corrected chi connectivity index (χ2v) is 6.40. The van der Waals surface area contributed by atoms with Gasteiger partial charge in [-0.25, -0.2) is 0 Å². The molecular weight excluding hydrogens is 308 g/mol. The van der Waals surface area contributed by atoms with Crippen molar-refractivity contribution in [3.63, 3.8) is 0 Å². The van der Waals surface area contributed by atoms with E-state index in [0.29, 0.717) is 12.1 Å². The summed E-state index contributed by atoms with van der Waals surface area (Å²) in [5, 5.41) is 3.27. The van der Waals surface area contributed by atoms with E-state index in [1.54, 1.807) is 0 Å². The van der Waals surface area contributed by atoms with Crippen molar-refractivity contribution in [1.29, 1.82) is 0 Å². The Bertz CT molecular complexity index is 384. The molecule has 0 bridgehead atoms. The van der Waals surface area contributed by atoms with Crippen molar-refractivity contribution in [3.8, 4) is 0 Å². The van der Waals surface area contributed by atoms with Gasteiger partial charge >= 0.3 is 0 Å². The lowest BCUT2D eigenvalue weighted by atomic mass is 10.1. The first-order valence-corrected chi connectivity index (χ1v) is 8.38. The molecule has 0 saturated heterocycles. The highest BCUT2D eigenvalue weighted by Crippen LogP contribution is 2.28. The Morgan fingerprint density at radius 1 is 1.39 bits per heavy atom. The molecule has 0 aromatic heterocycles. The predicted octanol–water partition coefficient (Wildman–Crippen LogP) is 3.92. The van der Waals surface area contributed by atoms with Gasteiger partial charge in [0.15, 0.2) is 0 Å². The molecule has 2 unspecified atom stereocenters. The second-order valence-electron chi connectivity index (χ2n) is 4.63. The number of nitrogens with one attached hydrogen (secondary N) is 1. The van der Waals surface area contributed by atoms with Gasteiger partial charge in [0.1, 0.15) is 0 Å². The molecule has 102 valence electrons. The van der Waals surface area contributed by atoms with E-state index in [1.807, 2.05) is 18.8 Å². The van der Waals surface area contributed by atoms with Crippen molar-refractivity contribution < 1.29 is 0 Å². The summed E-state index contributed by atoms with van der Waals surface area (Å²) in [6.07, 6.45) is 2.15. The number of nitrogens with zero attached hydrogens (tertiary/aromatic N) is 1. The molecule has 4 heteroatoms. The molecule has 0 aliphatic carbocycles. The van der Waals surface area contributed by atoms with Gasteiger partial charge in [-0.1, -0.05) is 22.0 Å². The molecule has 0 heterocycles. The van der Waals surface area contributed by atoms with Crippen molar-refractivity contribution in [1.82, 2.24) is 5.32 Å². The molecule has 1 aromatic rings. The van der Waals surface area contributed by atoms with Crippen LogP contribution < -0.4 is 10.2 Å². The smallest absolute Gasteiger partial charge is 0.0377 e. The predicted molar refractivity (Wildman–Crippen MR) is 87.9 cm³/mol. The van der Waals surface area contributed by atoms with E-state index in [4.69, 9.17) is 0 Å². The second kappa shape index (κ2) is 7.41. The Hall–Kier alpha value is -0.190. The SMILES string of the molecule is CNC(C)c1ccc(N(C)C(C)CSC)cc1Br. The number of thioether (sulfide) groups is 1. The highest BCUT2D eigenvalue weighted by molar-refractivity contribution is 9.10. The molecule has 0 radical (unpaired) electrons. The largest absolute Gasteiger partial charge is 0.371 e. The maximum atomic E-state index is 3.67.